The van der Waals surface area contributed by atoms with Crippen LogP contribution in [-0.4, -0.2) is 33.9 Å². The number of hydrogen-bond acceptors (Lipinski definition) is 4. The SMILES string of the molecule is Cc1cc(NC(=O)c2ccc(OCC(F)(F)F)nc2)n[nH]1. The third kappa shape index (κ3) is 4.48. The molecule has 0 saturated carbocycles. The van der Waals surface area contributed by atoms with Crippen LogP contribution in [0.5, 0.6) is 5.88 Å². The van der Waals surface area contributed by atoms with Crippen molar-refractivity contribution >= 4 is 11.7 Å². The van der Waals surface area contributed by atoms with Gasteiger partial charge in [-0.2, -0.15) is 18.3 Å². The lowest BCUT2D eigenvalue weighted by molar-refractivity contribution is -0.154. The highest BCUT2D eigenvalue weighted by atomic mass is 19.4. The number of halogens is 3. The van der Waals surface area contributed by atoms with E-state index in [-0.39, 0.29) is 11.4 Å². The summed E-state index contributed by atoms with van der Waals surface area (Å²) in [6.45, 7) is 0.342. The minimum absolute atomic E-state index is 0.176. The second kappa shape index (κ2) is 5.81. The van der Waals surface area contributed by atoms with Crippen molar-refractivity contribution in [3.63, 3.8) is 0 Å². The molecule has 0 radical (unpaired) electrons. The van der Waals surface area contributed by atoms with Crippen molar-refractivity contribution in [1.29, 1.82) is 0 Å². The molecule has 0 bridgehead atoms. The van der Waals surface area contributed by atoms with Crippen molar-refractivity contribution in [2.75, 3.05) is 11.9 Å². The number of H-pyrrole nitrogens is 1. The first-order valence-corrected chi connectivity index (χ1v) is 5.82. The van der Waals surface area contributed by atoms with Gasteiger partial charge in [0.15, 0.2) is 12.4 Å². The largest absolute Gasteiger partial charge is 0.468 e. The van der Waals surface area contributed by atoms with Gasteiger partial charge in [-0.3, -0.25) is 9.89 Å². The van der Waals surface area contributed by atoms with Gasteiger partial charge in [-0.05, 0) is 13.0 Å². The fourth-order valence-electron chi connectivity index (χ4n) is 1.43. The fraction of sp³-hybridized carbons (Fsp3) is 0.250. The van der Waals surface area contributed by atoms with Gasteiger partial charge in [-0.25, -0.2) is 4.98 Å². The molecule has 0 aliphatic rings. The Hall–Kier alpha value is -2.58. The van der Waals surface area contributed by atoms with Gasteiger partial charge in [0.25, 0.3) is 5.91 Å². The zero-order chi connectivity index (χ0) is 15.5. The number of aromatic nitrogens is 3. The topological polar surface area (TPSA) is 79.9 Å². The van der Waals surface area contributed by atoms with Gasteiger partial charge in [0.2, 0.25) is 5.88 Å². The second-order valence-electron chi connectivity index (χ2n) is 4.18. The molecule has 0 fully saturated rings. The summed E-state index contributed by atoms with van der Waals surface area (Å²) in [7, 11) is 0. The molecular formula is C12H11F3N4O2. The van der Waals surface area contributed by atoms with Crippen LogP contribution < -0.4 is 10.1 Å². The van der Waals surface area contributed by atoms with Crippen LogP contribution in [0, 0.1) is 6.92 Å². The summed E-state index contributed by atoms with van der Waals surface area (Å²) < 4.78 is 40.3. The lowest BCUT2D eigenvalue weighted by Crippen LogP contribution is -2.19. The van der Waals surface area contributed by atoms with E-state index >= 15 is 0 Å². The standard InChI is InChI=1S/C12H11F3N4O2/c1-7-4-9(19-18-7)17-11(20)8-2-3-10(16-5-8)21-6-12(13,14)15/h2-5H,6H2,1H3,(H2,17,18,19,20). The number of aryl methyl sites for hydroxylation is 1. The molecule has 21 heavy (non-hydrogen) atoms. The molecule has 2 aromatic heterocycles. The van der Waals surface area contributed by atoms with Crippen molar-refractivity contribution in [1.82, 2.24) is 15.2 Å². The van der Waals surface area contributed by atoms with Gasteiger partial charge < -0.3 is 10.1 Å². The predicted octanol–water partition coefficient (Wildman–Crippen LogP) is 2.31. The third-order valence-corrected chi connectivity index (χ3v) is 2.33. The number of amides is 1. The highest BCUT2D eigenvalue weighted by Gasteiger charge is 2.28. The highest BCUT2D eigenvalue weighted by Crippen LogP contribution is 2.17. The monoisotopic (exact) mass is 300 g/mol. The third-order valence-electron chi connectivity index (χ3n) is 2.33. The Morgan fingerprint density at radius 1 is 1.43 bits per heavy atom. The molecule has 0 aliphatic heterocycles. The van der Waals surface area contributed by atoms with Crippen LogP contribution in [0.2, 0.25) is 0 Å². The van der Waals surface area contributed by atoms with Crippen molar-refractivity contribution in [3.05, 3.63) is 35.7 Å². The number of hydrogen-bond donors (Lipinski definition) is 2. The molecule has 0 aliphatic carbocycles. The molecule has 112 valence electrons. The minimum Gasteiger partial charge on any atom is -0.468 e. The Bertz CT molecular complexity index is 622. The van der Waals surface area contributed by atoms with E-state index in [0.717, 1.165) is 11.9 Å². The number of anilines is 1. The molecular weight excluding hydrogens is 289 g/mol. The number of nitrogens with one attached hydrogen (secondary N) is 2. The predicted molar refractivity (Wildman–Crippen MR) is 67.1 cm³/mol. The second-order valence-corrected chi connectivity index (χ2v) is 4.18. The normalized spacial score (nSPS) is 11.2. The van der Waals surface area contributed by atoms with E-state index in [2.05, 4.69) is 25.2 Å². The van der Waals surface area contributed by atoms with Gasteiger partial charge in [0, 0.05) is 24.0 Å². The van der Waals surface area contributed by atoms with Crippen LogP contribution in [0.15, 0.2) is 24.4 Å². The number of nitrogens with zero attached hydrogens (tertiary/aromatic N) is 2. The molecule has 9 heteroatoms. The molecule has 0 aromatic carbocycles. The van der Waals surface area contributed by atoms with Crippen molar-refractivity contribution in [2.45, 2.75) is 13.1 Å². The van der Waals surface area contributed by atoms with Crippen LogP contribution in [0.1, 0.15) is 16.1 Å². The first kappa shape index (κ1) is 14.8. The number of alkyl halides is 3. The number of ether oxygens (including phenoxy) is 1. The van der Waals surface area contributed by atoms with Gasteiger partial charge in [0.1, 0.15) is 0 Å². The first-order chi connectivity index (χ1) is 9.83. The molecule has 0 spiro atoms. The fourth-order valence-corrected chi connectivity index (χ4v) is 1.43. The zero-order valence-electron chi connectivity index (χ0n) is 10.9. The molecule has 2 aromatic rings. The summed E-state index contributed by atoms with van der Waals surface area (Å²) in [4.78, 5) is 15.5. The van der Waals surface area contributed by atoms with E-state index in [4.69, 9.17) is 0 Å². The summed E-state index contributed by atoms with van der Waals surface area (Å²) in [5, 5.41) is 9.00. The number of carbonyl (C=O) groups is 1. The van der Waals surface area contributed by atoms with Gasteiger partial charge in [0.05, 0.1) is 5.56 Å². The minimum atomic E-state index is -4.43. The van der Waals surface area contributed by atoms with E-state index < -0.39 is 18.7 Å². The first-order valence-electron chi connectivity index (χ1n) is 5.82. The lowest BCUT2D eigenvalue weighted by Gasteiger charge is -2.08. The lowest BCUT2D eigenvalue weighted by atomic mass is 10.2. The Labute approximate surface area is 117 Å². The van der Waals surface area contributed by atoms with Crippen molar-refractivity contribution < 1.29 is 22.7 Å². The average molecular weight is 300 g/mol. The molecule has 0 saturated heterocycles. The summed E-state index contributed by atoms with van der Waals surface area (Å²) >= 11 is 0. The highest BCUT2D eigenvalue weighted by molar-refractivity contribution is 6.03. The summed E-state index contributed by atoms with van der Waals surface area (Å²) in [5.74, 6) is -0.342. The molecule has 2 N–H and O–H groups in total. The molecule has 2 heterocycles. The quantitative estimate of drug-likeness (QED) is 0.908. The zero-order valence-corrected chi connectivity index (χ0v) is 10.9. The summed E-state index contributed by atoms with van der Waals surface area (Å²) in [6.07, 6.45) is -3.31. The Balaban J connectivity index is 1.96. The average Bonchev–Trinajstić information content (AvgIpc) is 2.81. The molecule has 0 unspecified atom stereocenters. The maximum absolute atomic E-state index is 12.0. The van der Waals surface area contributed by atoms with Crippen LogP contribution in [0.4, 0.5) is 19.0 Å². The van der Waals surface area contributed by atoms with E-state index in [0.29, 0.717) is 5.82 Å². The number of pyridine rings is 1. The van der Waals surface area contributed by atoms with E-state index in [1.54, 1.807) is 13.0 Å². The van der Waals surface area contributed by atoms with Crippen molar-refractivity contribution in [3.8, 4) is 5.88 Å². The van der Waals surface area contributed by atoms with Gasteiger partial charge in [-0.15, -0.1) is 0 Å². The van der Waals surface area contributed by atoms with E-state index in [1.165, 1.54) is 12.1 Å². The van der Waals surface area contributed by atoms with Crippen LogP contribution in [0.25, 0.3) is 0 Å². The molecule has 1 amide bonds. The van der Waals surface area contributed by atoms with Gasteiger partial charge in [-0.1, -0.05) is 0 Å². The maximum Gasteiger partial charge on any atom is 0.422 e. The van der Waals surface area contributed by atoms with Gasteiger partial charge >= 0.3 is 6.18 Å². The molecule has 0 atom stereocenters. The summed E-state index contributed by atoms with van der Waals surface area (Å²) in [5.41, 5.74) is 0.953. The van der Waals surface area contributed by atoms with E-state index in [9.17, 15) is 18.0 Å². The molecule has 2 rings (SSSR count). The number of aromatic amines is 1. The number of carbonyl (C=O) groups excluding carboxylic acids is 1. The summed E-state index contributed by atoms with van der Waals surface area (Å²) in [6, 6.07) is 4.14. The van der Waals surface area contributed by atoms with Crippen LogP contribution >= 0.6 is 0 Å². The Kier molecular flexibility index (Phi) is 4.10. The van der Waals surface area contributed by atoms with Crippen molar-refractivity contribution in [2.24, 2.45) is 0 Å². The van der Waals surface area contributed by atoms with E-state index in [1.807, 2.05) is 0 Å². The van der Waals surface area contributed by atoms with Crippen LogP contribution in [0.3, 0.4) is 0 Å². The number of rotatable bonds is 4. The smallest absolute Gasteiger partial charge is 0.422 e. The molecule has 6 nitrogen and oxygen atoms in total. The Morgan fingerprint density at radius 2 is 2.19 bits per heavy atom. The Morgan fingerprint density at radius 3 is 2.71 bits per heavy atom. The maximum atomic E-state index is 12.0. The van der Waals surface area contributed by atoms with Crippen LogP contribution in [-0.2, 0) is 0 Å².